The highest BCUT2D eigenvalue weighted by atomic mass is 16.3. The summed E-state index contributed by atoms with van der Waals surface area (Å²) in [4.78, 5) is 5.29. The van der Waals surface area contributed by atoms with Crippen molar-refractivity contribution in [1.82, 2.24) is 0 Å². The number of anilines is 4. The topological polar surface area (TPSA) is 99.0 Å². The molecule has 356 valence electrons. The summed E-state index contributed by atoms with van der Waals surface area (Å²) >= 11 is 0. The Kier molecular flexibility index (Phi) is 18.3. The fourth-order valence-corrected chi connectivity index (χ4v) is 11.6. The third-order valence-corrected chi connectivity index (χ3v) is 15.1. The van der Waals surface area contributed by atoms with E-state index in [1.54, 1.807) is 0 Å². The first-order chi connectivity index (χ1) is 32.4. The lowest BCUT2D eigenvalue weighted by atomic mass is 9.60. The van der Waals surface area contributed by atoms with Gasteiger partial charge < -0.3 is 31.5 Å². The van der Waals surface area contributed by atoms with Gasteiger partial charge in [0.25, 0.3) is 0 Å². The van der Waals surface area contributed by atoms with E-state index in [9.17, 15) is 10.2 Å². The van der Waals surface area contributed by atoms with Crippen molar-refractivity contribution in [1.29, 1.82) is 0 Å². The Bertz CT molecular complexity index is 2260. The molecule has 0 radical (unpaired) electrons. The predicted octanol–water partition coefficient (Wildman–Crippen LogP) is 15.6. The van der Waals surface area contributed by atoms with E-state index in [1.807, 2.05) is 12.1 Å². The maximum absolute atomic E-state index is 12.9. The van der Waals surface area contributed by atoms with Gasteiger partial charge in [-0.15, -0.1) is 0 Å². The maximum Gasteiger partial charge on any atom is 0.0728 e. The lowest BCUT2D eigenvalue weighted by molar-refractivity contribution is -0.0765. The van der Waals surface area contributed by atoms with Crippen LogP contribution in [0.5, 0.6) is 0 Å². The SMILES string of the molecule is CCCCCCCN(CCCCCCC)c1c2ccccc2c(C2C(O)C(c3c4ccccc4c(N(CCCCCCC)CCCCCCC)c4cccc(N)c34)C2O)c2c(N)cccc12. The molecule has 0 aromatic heterocycles. The molecule has 0 heterocycles. The van der Waals surface area contributed by atoms with Gasteiger partial charge in [-0.1, -0.05) is 203 Å². The average molecular weight is 893 g/mol. The van der Waals surface area contributed by atoms with Crippen molar-refractivity contribution in [3.8, 4) is 0 Å². The van der Waals surface area contributed by atoms with Gasteiger partial charge in [0.1, 0.15) is 0 Å². The molecule has 6 aromatic rings. The number of hydrogen-bond acceptors (Lipinski definition) is 6. The van der Waals surface area contributed by atoms with Crippen LogP contribution < -0.4 is 21.3 Å². The average Bonchev–Trinajstić information content (AvgIpc) is 3.33. The van der Waals surface area contributed by atoms with Crippen molar-refractivity contribution in [2.75, 3.05) is 47.4 Å². The Morgan fingerprint density at radius 2 is 0.652 bits per heavy atom. The molecule has 1 saturated carbocycles. The van der Waals surface area contributed by atoms with Crippen molar-refractivity contribution < 1.29 is 10.2 Å². The number of fused-ring (bicyclic) bond motifs is 4. The Balaban J connectivity index is 1.33. The number of hydrogen-bond donors (Lipinski definition) is 4. The lowest BCUT2D eigenvalue weighted by Gasteiger charge is -2.49. The van der Waals surface area contributed by atoms with E-state index in [-0.39, 0.29) is 0 Å². The monoisotopic (exact) mass is 893 g/mol. The van der Waals surface area contributed by atoms with Crippen LogP contribution in [0.3, 0.4) is 0 Å². The second kappa shape index (κ2) is 24.5. The third kappa shape index (κ3) is 10.8. The highest BCUT2D eigenvalue weighted by Gasteiger charge is 2.53. The van der Waals surface area contributed by atoms with Crippen LogP contribution in [0.2, 0.25) is 0 Å². The zero-order chi connectivity index (χ0) is 46.4. The minimum atomic E-state index is -0.865. The minimum Gasteiger partial charge on any atom is -0.398 e. The molecule has 6 aromatic carbocycles. The molecule has 1 aliphatic rings. The molecule has 0 aliphatic heterocycles. The van der Waals surface area contributed by atoms with Gasteiger partial charge in [-0.3, -0.25) is 0 Å². The van der Waals surface area contributed by atoms with E-state index < -0.39 is 24.0 Å². The first kappa shape index (κ1) is 49.4. The Labute approximate surface area is 398 Å². The number of aliphatic hydroxyl groups is 2. The molecule has 1 aliphatic carbocycles. The number of benzene rings is 6. The largest absolute Gasteiger partial charge is 0.398 e. The van der Waals surface area contributed by atoms with Crippen molar-refractivity contribution in [3.63, 3.8) is 0 Å². The first-order valence-electron chi connectivity index (χ1n) is 26.7. The zero-order valence-corrected chi connectivity index (χ0v) is 41.3. The van der Waals surface area contributed by atoms with Gasteiger partial charge in [0, 0.05) is 81.7 Å². The summed E-state index contributed by atoms with van der Waals surface area (Å²) in [6.07, 6.45) is 22.9. The highest BCUT2D eigenvalue weighted by molar-refractivity contribution is 6.19. The molecule has 0 unspecified atom stereocenters. The number of rotatable bonds is 28. The minimum absolute atomic E-state index is 0.543. The summed E-state index contributed by atoms with van der Waals surface area (Å²) in [7, 11) is 0. The molecule has 0 saturated heterocycles. The van der Waals surface area contributed by atoms with Crippen LogP contribution in [-0.2, 0) is 0 Å². The van der Waals surface area contributed by atoms with Crippen molar-refractivity contribution in [3.05, 3.63) is 96.1 Å². The number of unbranched alkanes of at least 4 members (excludes halogenated alkanes) is 16. The molecule has 66 heavy (non-hydrogen) atoms. The Morgan fingerprint density at radius 1 is 0.364 bits per heavy atom. The molecule has 6 nitrogen and oxygen atoms in total. The summed E-state index contributed by atoms with van der Waals surface area (Å²) in [5.74, 6) is -1.09. The van der Waals surface area contributed by atoms with Gasteiger partial charge in [0.05, 0.1) is 23.6 Å². The van der Waals surface area contributed by atoms with Crippen LogP contribution in [0.25, 0.3) is 43.1 Å². The van der Waals surface area contributed by atoms with Gasteiger partial charge >= 0.3 is 0 Å². The van der Waals surface area contributed by atoms with Crippen LogP contribution in [-0.4, -0.2) is 48.6 Å². The molecule has 1 fully saturated rings. The standard InChI is InChI=1S/C60H84N4O2/c1-5-9-13-17-25-39-63(40-26-18-14-10-6-2)57-45-33-23-21-31-43(45)53(51-47(57)35-29-37-49(51)61)55-59(65)56(60(55)66)54-44-32-22-24-34-46(44)58(48-36-30-38-50(62)52(48)54)64(41-27-19-15-11-7-3)42-28-20-16-12-8-4/h21-24,29-38,55-56,59-60,65-66H,5-20,25-28,39-42,61-62H2,1-4H3. The van der Waals surface area contributed by atoms with E-state index in [0.29, 0.717) is 11.4 Å². The Morgan fingerprint density at radius 3 is 0.970 bits per heavy atom. The molecule has 0 amide bonds. The van der Waals surface area contributed by atoms with Crippen LogP contribution >= 0.6 is 0 Å². The summed E-state index contributed by atoms with van der Waals surface area (Å²) < 4.78 is 0. The van der Waals surface area contributed by atoms with Crippen LogP contribution in [0.1, 0.15) is 179 Å². The van der Waals surface area contributed by atoms with Gasteiger partial charge in [-0.2, -0.15) is 0 Å². The van der Waals surface area contributed by atoms with E-state index in [0.717, 1.165) is 95.3 Å². The molecule has 6 heteroatoms. The molecular weight excluding hydrogens is 809 g/mol. The second-order valence-electron chi connectivity index (χ2n) is 19.8. The molecule has 7 rings (SSSR count). The van der Waals surface area contributed by atoms with Crippen LogP contribution in [0.4, 0.5) is 22.7 Å². The summed E-state index contributed by atoms with van der Waals surface area (Å²) in [6.45, 7) is 13.1. The van der Waals surface area contributed by atoms with Crippen LogP contribution in [0, 0.1) is 0 Å². The highest BCUT2D eigenvalue weighted by Crippen LogP contribution is 2.57. The number of aliphatic hydroxyl groups excluding tert-OH is 2. The van der Waals surface area contributed by atoms with Gasteiger partial charge in [-0.25, -0.2) is 0 Å². The van der Waals surface area contributed by atoms with Crippen molar-refractivity contribution in [2.24, 2.45) is 0 Å². The second-order valence-corrected chi connectivity index (χ2v) is 19.8. The summed E-state index contributed by atoms with van der Waals surface area (Å²) in [5, 5.41) is 34.5. The number of nitrogen functional groups attached to an aromatic ring is 2. The van der Waals surface area contributed by atoms with Crippen molar-refractivity contribution in [2.45, 2.75) is 180 Å². The van der Waals surface area contributed by atoms with Crippen LogP contribution in [0.15, 0.2) is 84.9 Å². The maximum atomic E-state index is 12.9. The van der Waals surface area contributed by atoms with Gasteiger partial charge in [-0.05, 0) is 59.7 Å². The van der Waals surface area contributed by atoms with E-state index >= 15 is 0 Å². The smallest absolute Gasteiger partial charge is 0.0728 e. The summed E-state index contributed by atoms with van der Waals surface area (Å²) in [6, 6.07) is 30.0. The quantitative estimate of drug-likeness (QED) is 0.0222. The molecule has 0 spiro atoms. The fourth-order valence-electron chi connectivity index (χ4n) is 11.6. The van der Waals surface area contributed by atoms with Gasteiger partial charge in [0.2, 0.25) is 0 Å². The van der Waals surface area contributed by atoms with E-state index in [1.165, 1.54) is 125 Å². The fraction of sp³-hybridized carbons (Fsp3) is 0.533. The predicted molar refractivity (Wildman–Crippen MR) is 289 cm³/mol. The zero-order valence-electron chi connectivity index (χ0n) is 41.3. The number of nitrogens with zero attached hydrogens (tertiary/aromatic N) is 2. The van der Waals surface area contributed by atoms with E-state index in [4.69, 9.17) is 11.5 Å². The molecule has 0 bridgehead atoms. The van der Waals surface area contributed by atoms with E-state index in [2.05, 4.69) is 110 Å². The number of nitrogens with two attached hydrogens (primary N) is 2. The molecule has 6 N–H and O–H groups in total. The van der Waals surface area contributed by atoms with Gasteiger partial charge in [0.15, 0.2) is 0 Å². The molecule has 0 atom stereocenters. The third-order valence-electron chi connectivity index (χ3n) is 15.1. The lowest BCUT2D eigenvalue weighted by Crippen LogP contribution is -2.52. The normalized spacial score (nSPS) is 17.3. The Hall–Kier alpha value is -4.52. The molecular formula is C60H84N4O2. The first-order valence-corrected chi connectivity index (χ1v) is 26.7. The van der Waals surface area contributed by atoms with Crippen molar-refractivity contribution >= 4 is 65.8 Å². The summed E-state index contributed by atoms with van der Waals surface area (Å²) in [5.41, 5.74) is 20.0.